The number of halogens is 1. The second-order valence-corrected chi connectivity index (χ2v) is 9.45. The molecule has 2 aliphatic rings. The molecule has 8 heteroatoms. The number of aromatic nitrogens is 1. The number of benzene rings is 2. The molecule has 3 heterocycles. The van der Waals surface area contributed by atoms with Gasteiger partial charge in [0.2, 0.25) is 0 Å². The quantitative estimate of drug-likeness (QED) is 0.588. The van der Waals surface area contributed by atoms with Crippen LogP contribution in [0.4, 0.5) is 4.79 Å². The predicted octanol–water partition coefficient (Wildman–Crippen LogP) is 4.91. The van der Waals surface area contributed by atoms with Crippen molar-refractivity contribution in [3.8, 4) is 10.9 Å². The minimum atomic E-state index is -0.418. The summed E-state index contributed by atoms with van der Waals surface area (Å²) in [5, 5.41) is 4.12. The van der Waals surface area contributed by atoms with Crippen LogP contribution in [0.2, 0.25) is 5.02 Å². The lowest BCUT2D eigenvalue weighted by Gasteiger charge is -2.39. The lowest BCUT2D eigenvalue weighted by molar-refractivity contribution is 0.112. The Morgan fingerprint density at radius 2 is 1.93 bits per heavy atom. The van der Waals surface area contributed by atoms with Gasteiger partial charge in [-0.15, -0.1) is 0 Å². The van der Waals surface area contributed by atoms with Crippen LogP contribution in [0.5, 0.6) is 10.9 Å². The number of ether oxygens (including phenoxy) is 1. The standard InChI is InChI=1S/C22H23ClN4O2S/c23-18-2-1-3-19-20(18)26-22(30-19)29-17-8-4-13(5-9-17)12-27-15-6-7-16(27)11-14(10-15)25-21(24)28/h1-5,8-9,14-16H,6-7,10-12H2,(H3,24,25,28). The van der Waals surface area contributed by atoms with E-state index in [-0.39, 0.29) is 6.04 Å². The zero-order valence-electron chi connectivity index (χ0n) is 16.4. The normalized spacial score (nSPS) is 23.6. The molecule has 3 aromatic rings. The van der Waals surface area contributed by atoms with Crippen LogP contribution in [-0.4, -0.2) is 34.0 Å². The summed E-state index contributed by atoms with van der Waals surface area (Å²) >= 11 is 7.69. The Bertz CT molecular complexity index is 1060. The topological polar surface area (TPSA) is 80.5 Å². The van der Waals surface area contributed by atoms with Crippen LogP contribution in [0, 0.1) is 0 Å². The SMILES string of the molecule is NC(=O)NC1CC2CCC(C1)N2Cc1ccc(Oc2nc3c(Cl)cccc3s2)cc1. The minimum absolute atomic E-state index is 0.203. The molecule has 2 aliphatic heterocycles. The number of primary amides is 1. The monoisotopic (exact) mass is 442 g/mol. The van der Waals surface area contributed by atoms with Crippen LogP contribution in [0.15, 0.2) is 42.5 Å². The third-order valence-corrected chi connectivity index (χ3v) is 7.28. The number of fused-ring (bicyclic) bond motifs is 3. The summed E-state index contributed by atoms with van der Waals surface area (Å²) < 4.78 is 6.96. The highest BCUT2D eigenvalue weighted by Gasteiger charge is 2.40. The Hall–Kier alpha value is -2.35. The van der Waals surface area contributed by atoms with Gasteiger partial charge in [-0.05, 0) is 55.5 Å². The Labute approximate surface area is 184 Å². The third-order valence-electron chi connectivity index (χ3n) is 6.07. The molecule has 156 valence electrons. The average molecular weight is 443 g/mol. The second-order valence-electron chi connectivity index (χ2n) is 8.05. The lowest BCUT2D eigenvalue weighted by atomic mass is 9.96. The molecule has 2 bridgehead atoms. The van der Waals surface area contributed by atoms with Gasteiger partial charge in [0.1, 0.15) is 11.3 Å². The highest BCUT2D eigenvalue weighted by Crippen LogP contribution is 2.37. The van der Waals surface area contributed by atoms with E-state index >= 15 is 0 Å². The summed E-state index contributed by atoms with van der Waals surface area (Å²) in [6.45, 7) is 0.912. The van der Waals surface area contributed by atoms with Gasteiger partial charge in [-0.25, -0.2) is 9.78 Å². The molecule has 30 heavy (non-hydrogen) atoms. The number of nitrogens with one attached hydrogen (secondary N) is 1. The number of nitrogens with zero attached hydrogens (tertiary/aromatic N) is 2. The molecule has 0 aliphatic carbocycles. The molecule has 2 saturated heterocycles. The highest BCUT2D eigenvalue weighted by atomic mass is 35.5. The van der Waals surface area contributed by atoms with Crippen molar-refractivity contribution in [3.05, 3.63) is 53.1 Å². The molecule has 2 fully saturated rings. The zero-order valence-corrected chi connectivity index (χ0v) is 18.0. The van der Waals surface area contributed by atoms with Crippen molar-refractivity contribution in [2.75, 3.05) is 0 Å². The maximum Gasteiger partial charge on any atom is 0.312 e. The summed E-state index contributed by atoms with van der Waals surface area (Å²) in [5.41, 5.74) is 7.34. The Morgan fingerprint density at radius 1 is 1.20 bits per heavy atom. The Morgan fingerprint density at radius 3 is 2.60 bits per heavy atom. The molecule has 2 aromatic carbocycles. The van der Waals surface area contributed by atoms with Gasteiger partial charge in [0, 0.05) is 24.7 Å². The minimum Gasteiger partial charge on any atom is -0.431 e. The highest BCUT2D eigenvalue weighted by molar-refractivity contribution is 7.20. The van der Waals surface area contributed by atoms with Crippen LogP contribution in [0.3, 0.4) is 0 Å². The number of urea groups is 1. The first kappa shape index (κ1) is 19.6. The van der Waals surface area contributed by atoms with Crippen LogP contribution in [0.1, 0.15) is 31.2 Å². The van der Waals surface area contributed by atoms with Crippen molar-refractivity contribution < 1.29 is 9.53 Å². The number of rotatable bonds is 5. The molecule has 0 radical (unpaired) electrons. The van der Waals surface area contributed by atoms with Gasteiger partial charge in [0.25, 0.3) is 5.19 Å². The summed E-state index contributed by atoms with van der Waals surface area (Å²) in [6.07, 6.45) is 4.31. The van der Waals surface area contributed by atoms with Crippen molar-refractivity contribution in [3.63, 3.8) is 0 Å². The van der Waals surface area contributed by atoms with E-state index in [1.54, 1.807) is 0 Å². The van der Waals surface area contributed by atoms with E-state index in [1.807, 2.05) is 30.3 Å². The number of hydrogen-bond donors (Lipinski definition) is 2. The summed E-state index contributed by atoms with van der Waals surface area (Å²) in [6, 6.07) is 14.8. The number of thiazole rings is 1. The number of carbonyl (C=O) groups is 1. The van der Waals surface area contributed by atoms with E-state index in [9.17, 15) is 4.79 Å². The van der Waals surface area contributed by atoms with Gasteiger partial charge in [-0.3, -0.25) is 4.90 Å². The fourth-order valence-electron chi connectivity index (χ4n) is 4.76. The summed E-state index contributed by atoms with van der Waals surface area (Å²) in [7, 11) is 0. The van der Waals surface area contributed by atoms with E-state index in [1.165, 1.54) is 29.7 Å². The lowest BCUT2D eigenvalue weighted by Crippen LogP contribution is -2.51. The van der Waals surface area contributed by atoms with E-state index in [0.29, 0.717) is 22.3 Å². The second kappa shape index (κ2) is 8.06. The van der Waals surface area contributed by atoms with Crippen LogP contribution in [0.25, 0.3) is 10.2 Å². The van der Waals surface area contributed by atoms with Gasteiger partial charge >= 0.3 is 6.03 Å². The molecule has 0 spiro atoms. The maximum absolute atomic E-state index is 11.2. The smallest absolute Gasteiger partial charge is 0.312 e. The van der Waals surface area contributed by atoms with Gasteiger partial charge in [0.15, 0.2) is 0 Å². The maximum atomic E-state index is 11.2. The van der Waals surface area contributed by atoms with Gasteiger partial charge in [-0.1, -0.05) is 41.1 Å². The summed E-state index contributed by atoms with van der Waals surface area (Å²) in [5.74, 6) is 0.765. The van der Waals surface area contributed by atoms with E-state index in [4.69, 9.17) is 22.1 Å². The van der Waals surface area contributed by atoms with Crippen molar-refractivity contribution in [2.24, 2.45) is 5.73 Å². The first-order valence-electron chi connectivity index (χ1n) is 10.2. The molecule has 2 amide bonds. The van der Waals surface area contributed by atoms with Gasteiger partial charge < -0.3 is 15.8 Å². The average Bonchev–Trinajstić information content (AvgIpc) is 3.21. The molecule has 3 N–H and O–H groups in total. The number of para-hydroxylation sites is 1. The van der Waals surface area contributed by atoms with E-state index in [2.05, 4.69) is 27.3 Å². The molecule has 2 atom stereocenters. The number of amides is 2. The largest absolute Gasteiger partial charge is 0.431 e. The van der Waals surface area contributed by atoms with Gasteiger partial charge in [0.05, 0.1) is 9.72 Å². The first-order valence-corrected chi connectivity index (χ1v) is 11.4. The van der Waals surface area contributed by atoms with Gasteiger partial charge in [-0.2, -0.15) is 0 Å². The predicted molar refractivity (Wildman–Crippen MR) is 119 cm³/mol. The molecule has 0 saturated carbocycles. The molecule has 5 rings (SSSR count). The van der Waals surface area contributed by atoms with Crippen LogP contribution in [-0.2, 0) is 6.54 Å². The molecule has 6 nitrogen and oxygen atoms in total. The molecule has 2 unspecified atom stereocenters. The third kappa shape index (κ3) is 3.97. The van der Waals surface area contributed by atoms with Crippen LogP contribution < -0.4 is 15.8 Å². The molecule has 1 aromatic heterocycles. The summed E-state index contributed by atoms with van der Waals surface area (Å²) in [4.78, 5) is 18.3. The number of carbonyl (C=O) groups excluding carboxylic acids is 1. The Kier molecular flexibility index (Phi) is 5.26. The van der Waals surface area contributed by atoms with Crippen molar-refractivity contribution in [1.82, 2.24) is 15.2 Å². The molecular formula is C22H23ClN4O2S. The first-order chi connectivity index (χ1) is 14.5. The Balaban J connectivity index is 1.23. The number of hydrogen-bond acceptors (Lipinski definition) is 5. The van der Waals surface area contributed by atoms with E-state index < -0.39 is 6.03 Å². The van der Waals surface area contributed by atoms with Crippen LogP contribution >= 0.6 is 22.9 Å². The van der Waals surface area contributed by atoms with Crippen molar-refractivity contribution >= 4 is 39.2 Å². The number of piperidine rings is 1. The number of nitrogens with two attached hydrogens (primary N) is 1. The zero-order chi connectivity index (χ0) is 20.7. The fourth-order valence-corrected chi connectivity index (χ4v) is 5.90. The van der Waals surface area contributed by atoms with Crippen molar-refractivity contribution in [2.45, 2.75) is 50.4 Å². The van der Waals surface area contributed by atoms with Crippen molar-refractivity contribution in [1.29, 1.82) is 0 Å². The fraction of sp³-hybridized carbons (Fsp3) is 0.364. The van der Waals surface area contributed by atoms with E-state index in [0.717, 1.165) is 35.4 Å². The molecular weight excluding hydrogens is 420 g/mol.